The zero-order valence-electron chi connectivity index (χ0n) is 11.5. The Morgan fingerprint density at radius 2 is 2.00 bits per heavy atom. The molecule has 0 saturated heterocycles. The molecule has 0 amide bonds. The first-order chi connectivity index (χ1) is 9.81. The molecule has 0 radical (unpaired) electrons. The first-order valence-corrected chi connectivity index (χ1v) is 6.71. The van der Waals surface area contributed by atoms with Gasteiger partial charge in [0, 0.05) is 12.7 Å². The highest BCUT2D eigenvalue weighted by Gasteiger charge is 2.12. The summed E-state index contributed by atoms with van der Waals surface area (Å²) in [4.78, 5) is 16.0. The van der Waals surface area contributed by atoms with Gasteiger partial charge in [0.25, 0.3) is 0 Å². The van der Waals surface area contributed by atoms with E-state index in [1.165, 1.54) is 5.56 Å². The molecule has 20 heavy (non-hydrogen) atoms. The van der Waals surface area contributed by atoms with Gasteiger partial charge in [-0.05, 0) is 31.0 Å². The molecule has 2 aromatic rings. The minimum Gasteiger partial charge on any atom is -0.462 e. The number of carbonyl (C=O) groups is 1. The Morgan fingerprint density at radius 3 is 2.75 bits per heavy atom. The highest BCUT2D eigenvalue weighted by atomic mass is 16.5. The third-order valence-electron chi connectivity index (χ3n) is 2.85. The van der Waals surface area contributed by atoms with Crippen molar-refractivity contribution in [2.24, 2.45) is 0 Å². The standard InChI is InChI=1S/C16H18N2O2/c1-2-20-16(19)14-9-6-11-17-15(14)18-12-10-13-7-4-3-5-8-13/h3-9,11H,2,10,12H2,1H3,(H,17,18). The Bertz CT molecular complexity index is 555. The van der Waals surface area contributed by atoms with Crippen LogP contribution >= 0.6 is 0 Å². The SMILES string of the molecule is CCOC(=O)c1cccnc1NCCc1ccccc1. The third-order valence-corrected chi connectivity index (χ3v) is 2.85. The summed E-state index contributed by atoms with van der Waals surface area (Å²) in [5, 5.41) is 3.19. The van der Waals surface area contributed by atoms with Crippen LogP contribution in [0.25, 0.3) is 0 Å². The van der Waals surface area contributed by atoms with E-state index in [9.17, 15) is 4.79 Å². The fourth-order valence-corrected chi connectivity index (χ4v) is 1.89. The van der Waals surface area contributed by atoms with Crippen molar-refractivity contribution >= 4 is 11.8 Å². The van der Waals surface area contributed by atoms with Gasteiger partial charge in [0.05, 0.1) is 6.61 Å². The molecule has 1 N–H and O–H groups in total. The van der Waals surface area contributed by atoms with Crippen LogP contribution in [0.15, 0.2) is 48.7 Å². The Labute approximate surface area is 118 Å². The van der Waals surface area contributed by atoms with Crippen molar-refractivity contribution in [2.75, 3.05) is 18.5 Å². The van der Waals surface area contributed by atoms with Crippen LogP contribution < -0.4 is 5.32 Å². The topological polar surface area (TPSA) is 51.2 Å². The van der Waals surface area contributed by atoms with Crippen LogP contribution in [0.5, 0.6) is 0 Å². The summed E-state index contributed by atoms with van der Waals surface area (Å²) >= 11 is 0. The summed E-state index contributed by atoms with van der Waals surface area (Å²) < 4.78 is 5.01. The van der Waals surface area contributed by atoms with Crippen molar-refractivity contribution < 1.29 is 9.53 Å². The first kappa shape index (κ1) is 14.1. The van der Waals surface area contributed by atoms with Gasteiger partial charge in [0.15, 0.2) is 0 Å². The van der Waals surface area contributed by atoms with Crippen LogP contribution in [0.3, 0.4) is 0 Å². The average Bonchev–Trinajstić information content (AvgIpc) is 2.49. The third kappa shape index (κ3) is 3.82. The van der Waals surface area contributed by atoms with Crippen LogP contribution in [0.1, 0.15) is 22.8 Å². The fourth-order valence-electron chi connectivity index (χ4n) is 1.89. The minimum absolute atomic E-state index is 0.345. The lowest BCUT2D eigenvalue weighted by molar-refractivity contribution is 0.0527. The summed E-state index contributed by atoms with van der Waals surface area (Å²) in [5.41, 5.74) is 1.72. The van der Waals surface area contributed by atoms with Gasteiger partial charge >= 0.3 is 5.97 Å². The maximum atomic E-state index is 11.8. The lowest BCUT2D eigenvalue weighted by Crippen LogP contribution is -2.13. The Kier molecular flexibility index (Phi) is 5.12. The van der Waals surface area contributed by atoms with E-state index in [1.54, 1.807) is 25.3 Å². The van der Waals surface area contributed by atoms with Gasteiger partial charge in [-0.1, -0.05) is 30.3 Å². The van der Waals surface area contributed by atoms with E-state index in [0.717, 1.165) is 6.42 Å². The largest absolute Gasteiger partial charge is 0.462 e. The number of nitrogens with one attached hydrogen (secondary N) is 1. The number of aromatic nitrogens is 1. The second-order valence-corrected chi connectivity index (χ2v) is 4.28. The predicted octanol–water partition coefficient (Wildman–Crippen LogP) is 2.91. The summed E-state index contributed by atoms with van der Waals surface area (Å²) in [7, 11) is 0. The monoisotopic (exact) mass is 270 g/mol. The van der Waals surface area contributed by atoms with Gasteiger partial charge < -0.3 is 10.1 Å². The molecule has 1 aromatic carbocycles. The molecule has 0 atom stereocenters. The molecule has 0 aliphatic heterocycles. The molecule has 0 fully saturated rings. The molecule has 104 valence electrons. The Hall–Kier alpha value is -2.36. The number of hydrogen-bond donors (Lipinski definition) is 1. The summed E-state index contributed by atoms with van der Waals surface area (Å²) in [5.74, 6) is 0.227. The molecule has 1 aromatic heterocycles. The number of rotatable bonds is 6. The molecular weight excluding hydrogens is 252 g/mol. The molecule has 2 rings (SSSR count). The molecule has 0 bridgehead atoms. The molecule has 4 heteroatoms. The molecule has 0 aliphatic rings. The number of benzene rings is 1. The van der Waals surface area contributed by atoms with Crippen molar-refractivity contribution in [1.82, 2.24) is 4.98 Å². The molecule has 0 spiro atoms. The van der Waals surface area contributed by atoms with Crippen LogP contribution in [-0.4, -0.2) is 24.1 Å². The van der Waals surface area contributed by atoms with Crippen LogP contribution in [0.2, 0.25) is 0 Å². The zero-order chi connectivity index (χ0) is 14.2. The van der Waals surface area contributed by atoms with Crippen molar-refractivity contribution in [3.05, 3.63) is 59.8 Å². The number of pyridine rings is 1. The van der Waals surface area contributed by atoms with Crippen LogP contribution in [0, 0.1) is 0 Å². The van der Waals surface area contributed by atoms with Crippen molar-refractivity contribution in [3.63, 3.8) is 0 Å². The summed E-state index contributed by atoms with van der Waals surface area (Å²) in [6.45, 7) is 2.86. The van der Waals surface area contributed by atoms with Crippen LogP contribution in [0.4, 0.5) is 5.82 Å². The fraction of sp³-hybridized carbons (Fsp3) is 0.250. The van der Waals surface area contributed by atoms with Crippen LogP contribution in [-0.2, 0) is 11.2 Å². The van der Waals surface area contributed by atoms with E-state index in [2.05, 4.69) is 22.4 Å². The van der Waals surface area contributed by atoms with Crippen molar-refractivity contribution in [3.8, 4) is 0 Å². The lowest BCUT2D eigenvalue weighted by atomic mass is 10.1. The molecule has 0 aliphatic carbocycles. The lowest BCUT2D eigenvalue weighted by Gasteiger charge is -2.10. The smallest absolute Gasteiger partial charge is 0.341 e. The minimum atomic E-state index is -0.345. The molecular formula is C16H18N2O2. The highest BCUT2D eigenvalue weighted by Crippen LogP contribution is 2.13. The van der Waals surface area contributed by atoms with Gasteiger partial charge in [0.2, 0.25) is 0 Å². The molecule has 0 unspecified atom stereocenters. The number of hydrogen-bond acceptors (Lipinski definition) is 4. The number of ether oxygens (including phenoxy) is 1. The van der Waals surface area contributed by atoms with E-state index in [4.69, 9.17) is 4.74 Å². The summed E-state index contributed by atoms with van der Waals surface area (Å²) in [6, 6.07) is 13.6. The van der Waals surface area contributed by atoms with E-state index in [0.29, 0.717) is 24.5 Å². The Morgan fingerprint density at radius 1 is 1.20 bits per heavy atom. The number of anilines is 1. The average molecular weight is 270 g/mol. The normalized spacial score (nSPS) is 10.1. The summed E-state index contributed by atoms with van der Waals surface area (Å²) in [6.07, 6.45) is 2.53. The van der Waals surface area contributed by atoms with E-state index < -0.39 is 0 Å². The zero-order valence-corrected chi connectivity index (χ0v) is 11.5. The van der Waals surface area contributed by atoms with Gasteiger partial charge in [-0.25, -0.2) is 9.78 Å². The van der Waals surface area contributed by atoms with Gasteiger partial charge in [0.1, 0.15) is 11.4 Å². The first-order valence-electron chi connectivity index (χ1n) is 6.71. The molecule has 0 saturated carbocycles. The second kappa shape index (κ2) is 7.28. The predicted molar refractivity (Wildman–Crippen MR) is 78.8 cm³/mol. The van der Waals surface area contributed by atoms with Gasteiger partial charge in [-0.15, -0.1) is 0 Å². The molecule has 4 nitrogen and oxygen atoms in total. The highest BCUT2D eigenvalue weighted by molar-refractivity contribution is 5.94. The van der Waals surface area contributed by atoms with E-state index in [-0.39, 0.29) is 5.97 Å². The maximum absolute atomic E-state index is 11.8. The quantitative estimate of drug-likeness (QED) is 0.820. The molecule has 1 heterocycles. The Balaban J connectivity index is 1.97. The van der Waals surface area contributed by atoms with Gasteiger partial charge in [-0.2, -0.15) is 0 Å². The number of esters is 1. The van der Waals surface area contributed by atoms with Gasteiger partial charge in [-0.3, -0.25) is 0 Å². The maximum Gasteiger partial charge on any atom is 0.341 e. The van der Waals surface area contributed by atoms with E-state index >= 15 is 0 Å². The second-order valence-electron chi connectivity index (χ2n) is 4.28. The van der Waals surface area contributed by atoms with Crippen molar-refractivity contribution in [2.45, 2.75) is 13.3 Å². The number of carbonyl (C=O) groups excluding carboxylic acids is 1. The van der Waals surface area contributed by atoms with E-state index in [1.807, 2.05) is 18.2 Å². The van der Waals surface area contributed by atoms with Crippen molar-refractivity contribution in [1.29, 1.82) is 0 Å². The number of nitrogens with zero attached hydrogens (tertiary/aromatic N) is 1.